The normalized spacial score (nSPS) is 11.1. The number of fused-ring (bicyclic) bond motifs is 1. The van der Waals surface area contributed by atoms with Crippen LogP contribution >= 0.6 is 11.8 Å². The lowest BCUT2D eigenvalue weighted by molar-refractivity contribution is 0.601. The molecular weight excluding hydrogens is 287 g/mol. The number of nitrogens with zero attached hydrogens (tertiary/aromatic N) is 1. The van der Waals surface area contributed by atoms with Crippen molar-refractivity contribution in [1.82, 2.24) is 9.55 Å². The second-order valence-electron chi connectivity index (χ2n) is 4.73. The minimum absolute atomic E-state index is 0.0907. The van der Waals surface area contributed by atoms with E-state index in [9.17, 15) is 9.18 Å². The van der Waals surface area contributed by atoms with Gasteiger partial charge < -0.3 is 4.98 Å². The monoisotopic (exact) mass is 302 g/mol. The van der Waals surface area contributed by atoms with Gasteiger partial charge in [0.15, 0.2) is 0 Å². The first-order valence-corrected chi connectivity index (χ1v) is 7.79. The average molecular weight is 302 g/mol. The number of aromatic nitrogens is 2. The van der Waals surface area contributed by atoms with E-state index in [0.717, 1.165) is 23.2 Å². The number of aryl methyl sites for hydroxylation is 1. The summed E-state index contributed by atoms with van der Waals surface area (Å²) in [5.41, 5.74) is 1.68. The molecule has 0 spiro atoms. The Morgan fingerprint density at radius 3 is 2.71 bits per heavy atom. The highest BCUT2D eigenvalue weighted by molar-refractivity contribution is 7.99. The molecule has 0 atom stereocenters. The second kappa shape index (κ2) is 6.18. The highest BCUT2D eigenvalue weighted by atomic mass is 32.2. The third-order valence-electron chi connectivity index (χ3n) is 3.30. The molecular formula is C16H15FN2OS. The molecule has 3 nitrogen and oxygen atoms in total. The zero-order valence-electron chi connectivity index (χ0n) is 11.4. The Morgan fingerprint density at radius 1 is 1.10 bits per heavy atom. The van der Waals surface area contributed by atoms with E-state index in [1.54, 1.807) is 16.7 Å². The maximum atomic E-state index is 13.5. The lowest BCUT2D eigenvalue weighted by Gasteiger charge is -2.04. The van der Waals surface area contributed by atoms with E-state index in [2.05, 4.69) is 4.98 Å². The summed E-state index contributed by atoms with van der Waals surface area (Å²) in [6, 6.07) is 14.4. The summed E-state index contributed by atoms with van der Waals surface area (Å²) in [6.45, 7) is 0.629. The number of aromatic amines is 1. The third-order valence-corrected chi connectivity index (χ3v) is 4.44. The van der Waals surface area contributed by atoms with Crippen molar-refractivity contribution in [2.24, 2.45) is 0 Å². The van der Waals surface area contributed by atoms with Crippen LogP contribution in [0.25, 0.3) is 11.0 Å². The van der Waals surface area contributed by atoms with Crippen molar-refractivity contribution < 1.29 is 4.39 Å². The Labute approximate surface area is 125 Å². The molecule has 5 heteroatoms. The predicted octanol–water partition coefficient (Wildman–Crippen LogP) is 3.65. The molecule has 1 aromatic heterocycles. The van der Waals surface area contributed by atoms with Crippen molar-refractivity contribution in [3.05, 3.63) is 64.8 Å². The molecule has 0 aliphatic carbocycles. The van der Waals surface area contributed by atoms with Crippen molar-refractivity contribution in [3.8, 4) is 0 Å². The van der Waals surface area contributed by atoms with Gasteiger partial charge in [0.05, 0.1) is 11.0 Å². The topological polar surface area (TPSA) is 37.8 Å². The lowest BCUT2D eigenvalue weighted by Crippen LogP contribution is -2.17. The van der Waals surface area contributed by atoms with Gasteiger partial charge in [0.1, 0.15) is 5.82 Å². The molecule has 0 fully saturated rings. The van der Waals surface area contributed by atoms with Gasteiger partial charge in [-0.3, -0.25) is 4.57 Å². The number of nitrogens with one attached hydrogen (secondary N) is 1. The predicted molar refractivity (Wildman–Crippen MR) is 84.3 cm³/mol. The Kier molecular flexibility index (Phi) is 4.10. The number of hydrogen-bond acceptors (Lipinski definition) is 2. The Balaban J connectivity index is 1.64. The summed E-state index contributed by atoms with van der Waals surface area (Å²) in [5, 5.41) is 0. The van der Waals surface area contributed by atoms with Crippen LogP contribution in [0.4, 0.5) is 4.39 Å². The van der Waals surface area contributed by atoms with Crippen molar-refractivity contribution in [1.29, 1.82) is 0 Å². The van der Waals surface area contributed by atoms with Gasteiger partial charge in [-0.25, -0.2) is 9.18 Å². The van der Waals surface area contributed by atoms with Gasteiger partial charge >= 0.3 is 5.69 Å². The summed E-state index contributed by atoms with van der Waals surface area (Å²) >= 11 is 1.48. The molecule has 0 unspecified atom stereocenters. The van der Waals surface area contributed by atoms with Crippen LogP contribution in [0.5, 0.6) is 0 Å². The molecule has 0 radical (unpaired) electrons. The SMILES string of the molecule is O=c1[nH]c2ccccc2n1CCCSc1ccccc1F. The second-order valence-corrected chi connectivity index (χ2v) is 5.87. The molecule has 3 rings (SSSR count). The van der Waals surface area contributed by atoms with Crippen molar-refractivity contribution in [3.63, 3.8) is 0 Å². The van der Waals surface area contributed by atoms with Crippen LogP contribution < -0.4 is 5.69 Å². The van der Waals surface area contributed by atoms with E-state index < -0.39 is 0 Å². The molecule has 2 aromatic carbocycles. The first-order valence-electron chi connectivity index (χ1n) is 6.80. The molecule has 3 aromatic rings. The highest BCUT2D eigenvalue weighted by Gasteiger charge is 2.06. The van der Waals surface area contributed by atoms with Crippen LogP contribution in [0.15, 0.2) is 58.2 Å². The Bertz CT molecular complexity index is 809. The van der Waals surface area contributed by atoms with E-state index in [1.807, 2.05) is 30.3 Å². The van der Waals surface area contributed by atoms with Crippen molar-refractivity contribution >= 4 is 22.8 Å². The average Bonchev–Trinajstić information content (AvgIpc) is 2.81. The van der Waals surface area contributed by atoms with E-state index in [4.69, 9.17) is 0 Å². The Hall–Kier alpha value is -2.01. The standard InChI is InChI=1S/C16H15FN2OS/c17-12-6-1-4-9-15(12)21-11-5-10-19-14-8-3-2-7-13(14)18-16(19)20/h1-4,6-9H,5,10-11H2,(H,18,20). The number of rotatable bonds is 5. The van der Waals surface area contributed by atoms with Crippen LogP contribution in [0.2, 0.25) is 0 Å². The minimum Gasteiger partial charge on any atom is -0.306 e. The summed E-state index contributed by atoms with van der Waals surface area (Å²) in [4.78, 5) is 15.4. The van der Waals surface area contributed by atoms with Crippen LogP contribution in [-0.4, -0.2) is 15.3 Å². The smallest absolute Gasteiger partial charge is 0.306 e. The number of hydrogen-bond donors (Lipinski definition) is 1. The summed E-state index contributed by atoms with van der Waals surface area (Å²) in [6.07, 6.45) is 0.806. The zero-order valence-corrected chi connectivity index (χ0v) is 12.2. The van der Waals surface area contributed by atoms with E-state index >= 15 is 0 Å². The highest BCUT2D eigenvalue weighted by Crippen LogP contribution is 2.22. The quantitative estimate of drug-likeness (QED) is 0.577. The van der Waals surface area contributed by atoms with Gasteiger partial charge in [-0.1, -0.05) is 24.3 Å². The number of halogens is 1. The fraction of sp³-hybridized carbons (Fsp3) is 0.188. The van der Waals surface area contributed by atoms with Gasteiger partial charge in [0.2, 0.25) is 0 Å². The van der Waals surface area contributed by atoms with E-state index in [0.29, 0.717) is 11.4 Å². The van der Waals surface area contributed by atoms with E-state index in [-0.39, 0.29) is 11.5 Å². The number of thioether (sulfide) groups is 1. The molecule has 0 aliphatic heterocycles. The summed E-state index contributed by atoms with van der Waals surface area (Å²) in [5.74, 6) is 0.583. The summed E-state index contributed by atoms with van der Waals surface area (Å²) < 4.78 is 15.2. The summed E-state index contributed by atoms with van der Waals surface area (Å²) in [7, 11) is 0. The molecule has 0 amide bonds. The molecule has 0 saturated heterocycles. The molecule has 108 valence electrons. The Morgan fingerprint density at radius 2 is 1.86 bits per heavy atom. The van der Waals surface area contributed by atoms with Crippen LogP contribution in [0.1, 0.15) is 6.42 Å². The molecule has 0 saturated carbocycles. The van der Waals surface area contributed by atoms with E-state index in [1.165, 1.54) is 17.8 Å². The largest absolute Gasteiger partial charge is 0.326 e. The first kappa shape index (κ1) is 13.9. The van der Waals surface area contributed by atoms with Crippen LogP contribution in [0.3, 0.4) is 0 Å². The fourth-order valence-corrected chi connectivity index (χ4v) is 3.17. The molecule has 0 bridgehead atoms. The van der Waals surface area contributed by atoms with Gasteiger partial charge in [0, 0.05) is 11.4 Å². The van der Waals surface area contributed by atoms with Gasteiger partial charge in [-0.05, 0) is 36.4 Å². The first-order chi connectivity index (χ1) is 10.3. The van der Waals surface area contributed by atoms with Crippen molar-refractivity contribution in [2.75, 3.05) is 5.75 Å². The third kappa shape index (κ3) is 3.03. The fourth-order valence-electron chi connectivity index (χ4n) is 2.30. The minimum atomic E-state index is -0.188. The van der Waals surface area contributed by atoms with Crippen molar-refractivity contribution in [2.45, 2.75) is 17.9 Å². The molecule has 21 heavy (non-hydrogen) atoms. The van der Waals surface area contributed by atoms with Gasteiger partial charge in [0.25, 0.3) is 0 Å². The lowest BCUT2D eigenvalue weighted by atomic mass is 10.3. The molecule has 1 N–H and O–H groups in total. The number of H-pyrrole nitrogens is 1. The number of imidazole rings is 1. The number of para-hydroxylation sites is 2. The van der Waals surface area contributed by atoms with Gasteiger partial charge in [-0.2, -0.15) is 0 Å². The maximum Gasteiger partial charge on any atom is 0.326 e. The maximum absolute atomic E-state index is 13.5. The number of benzene rings is 2. The molecule has 0 aliphatic rings. The molecule has 1 heterocycles. The van der Waals surface area contributed by atoms with Gasteiger partial charge in [-0.15, -0.1) is 11.8 Å². The van der Waals surface area contributed by atoms with Crippen LogP contribution in [-0.2, 0) is 6.54 Å². The zero-order chi connectivity index (χ0) is 14.7. The van der Waals surface area contributed by atoms with Crippen LogP contribution in [0, 0.1) is 5.82 Å².